The number of benzene rings is 2. The Morgan fingerprint density at radius 1 is 1.04 bits per heavy atom. The number of amides is 1. The fraction of sp³-hybridized carbons (Fsp3) is 0.143. The van der Waals surface area contributed by atoms with Gasteiger partial charge in [-0.05, 0) is 41.5 Å². The van der Waals surface area contributed by atoms with Crippen LogP contribution in [0.1, 0.15) is 15.9 Å². The summed E-state index contributed by atoms with van der Waals surface area (Å²) in [6.45, 7) is 0.655. The number of carbonyl (C=O) groups is 1. The second kappa shape index (κ2) is 7.37. The zero-order valence-corrected chi connectivity index (χ0v) is 14.8. The standard InChI is InChI=1S/C21H18N2O4/c1-25-18-5-2-14(3-6-18)10-23-21(24)17-8-16(11-22-12-17)15-4-7-19-20(9-15)27-13-26-19/h2-9,11-12H,10,13H2,1H3,(H,23,24). The zero-order chi connectivity index (χ0) is 18.6. The molecule has 1 aliphatic rings. The average Bonchev–Trinajstić information content (AvgIpc) is 3.20. The molecule has 2 heterocycles. The maximum absolute atomic E-state index is 12.5. The Bertz CT molecular complexity index is 970. The van der Waals surface area contributed by atoms with Gasteiger partial charge in [0.15, 0.2) is 11.5 Å². The fourth-order valence-electron chi connectivity index (χ4n) is 2.83. The van der Waals surface area contributed by atoms with Crippen molar-refractivity contribution in [3.05, 3.63) is 72.1 Å². The first-order valence-electron chi connectivity index (χ1n) is 8.49. The van der Waals surface area contributed by atoms with Crippen LogP contribution in [0.2, 0.25) is 0 Å². The van der Waals surface area contributed by atoms with Gasteiger partial charge in [0.1, 0.15) is 5.75 Å². The lowest BCUT2D eigenvalue weighted by Crippen LogP contribution is -2.22. The number of nitrogens with zero attached hydrogens (tertiary/aromatic N) is 1. The van der Waals surface area contributed by atoms with Crippen LogP contribution in [-0.4, -0.2) is 24.8 Å². The number of ether oxygens (including phenoxy) is 3. The number of hydrogen-bond donors (Lipinski definition) is 1. The van der Waals surface area contributed by atoms with Crippen LogP contribution in [0.5, 0.6) is 17.2 Å². The van der Waals surface area contributed by atoms with Gasteiger partial charge in [0.2, 0.25) is 6.79 Å². The molecule has 0 bridgehead atoms. The first-order valence-corrected chi connectivity index (χ1v) is 8.49. The minimum Gasteiger partial charge on any atom is -0.497 e. The topological polar surface area (TPSA) is 69.7 Å². The van der Waals surface area contributed by atoms with Gasteiger partial charge in [-0.3, -0.25) is 9.78 Å². The van der Waals surface area contributed by atoms with Crippen molar-refractivity contribution >= 4 is 5.91 Å². The Hall–Kier alpha value is -3.54. The predicted molar refractivity (Wildman–Crippen MR) is 100.0 cm³/mol. The predicted octanol–water partition coefficient (Wildman–Crippen LogP) is 3.42. The molecule has 2 aromatic carbocycles. The van der Waals surface area contributed by atoms with Gasteiger partial charge >= 0.3 is 0 Å². The Kier molecular flexibility index (Phi) is 4.61. The van der Waals surface area contributed by atoms with Crippen LogP contribution < -0.4 is 19.5 Å². The van der Waals surface area contributed by atoms with Gasteiger partial charge in [-0.1, -0.05) is 18.2 Å². The van der Waals surface area contributed by atoms with E-state index >= 15 is 0 Å². The molecule has 0 atom stereocenters. The summed E-state index contributed by atoms with van der Waals surface area (Å²) in [4.78, 5) is 16.7. The molecule has 0 fully saturated rings. The van der Waals surface area contributed by atoms with Gasteiger partial charge in [-0.15, -0.1) is 0 Å². The van der Waals surface area contributed by atoms with Crippen LogP contribution in [-0.2, 0) is 6.54 Å². The number of hydrogen-bond acceptors (Lipinski definition) is 5. The molecule has 136 valence electrons. The number of fused-ring (bicyclic) bond motifs is 1. The summed E-state index contributed by atoms with van der Waals surface area (Å²) < 4.78 is 15.9. The summed E-state index contributed by atoms with van der Waals surface area (Å²) in [5, 5.41) is 2.91. The van der Waals surface area contributed by atoms with Gasteiger partial charge in [-0.2, -0.15) is 0 Å². The fourth-order valence-corrected chi connectivity index (χ4v) is 2.83. The normalized spacial score (nSPS) is 11.9. The molecule has 1 amide bonds. The van der Waals surface area contributed by atoms with E-state index in [1.54, 1.807) is 19.5 Å². The van der Waals surface area contributed by atoms with E-state index in [-0.39, 0.29) is 12.7 Å². The van der Waals surface area contributed by atoms with Crippen LogP contribution in [0.4, 0.5) is 0 Å². The molecule has 0 saturated carbocycles. The molecule has 4 rings (SSSR count). The Labute approximate surface area is 156 Å². The summed E-state index contributed by atoms with van der Waals surface area (Å²) in [6, 6.07) is 15.0. The van der Waals surface area contributed by atoms with Gasteiger partial charge in [0, 0.05) is 24.5 Å². The second-order valence-corrected chi connectivity index (χ2v) is 6.06. The number of nitrogens with one attached hydrogen (secondary N) is 1. The van der Waals surface area contributed by atoms with Crippen LogP contribution >= 0.6 is 0 Å². The molecule has 0 spiro atoms. The smallest absolute Gasteiger partial charge is 0.253 e. The van der Waals surface area contributed by atoms with Gasteiger partial charge < -0.3 is 19.5 Å². The maximum atomic E-state index is 12.5. The van der Waals surface area contributed by atoms with Crippen molar-refractivity contribution in [3.8, 4) is 28.4 Å². The number of aromatic nitrogens is 1. The number of methoxy groups -OCH3 is 1. The molecule has 0 aliphatic carbocycles. The molecule has 0 unspecified atom stereocenters. The Morgan fingerprint density at radius 2 is 1.85 bits per heavy atom. The van der Waals surface area contributed by atoms with Crippen molar-refractivity contribution in [3.63, 3.8) is 0 Å². The van der Waals surface area contributed by atoms with Crippen LogP contribution in [0.25, 0.3) is 11.1 Å². The third kappa shape index (κ3) is 3.69. The lowest BCUT2D eigenvalue weighted by Gasteiger charge is -2.08. The van der Waals surface area contributed by atoms with Crippen LogP contribution in [0.3, 0.4) is 0 Å². The van der Waals surface area contributed by atoms with Crippen LogP contribution in [0, 0.1) is 0 Å². The van der Waals surface area contributed by atoms with E-state index in [0.717, 1.165) is 28.2 Å². The van der Waals surface area contributed by atoms with E-state index in [0.29, 0.717) is 17.9 Å². The summed E-state index contributed by atoms with van der Waals surface area (Å²) in [5.74, 6) is 2.02. The highest BCUT2D eigenvalue weighted by molar-refractivity contribution is 5.95. The third-order valence-electron chi connectivity index (χ3n) is 4.32. The molecular weight excluding hydrogens is 344 g/mol. The highest BCUT2D eigenvalue weighted by atomic mass is 16.7. The highest BCUT2D eigenvalue weighted by Crippen LogP contribution is 2.35. The van der Waals surface area contributed by atoms with E-state index in [2.05, 4.69) is 10.3 Å². The van der Waals surface area contributed by atoms with Crippen molar-refractivity contribution in [1.29, 1.82) is 0 Å². The highest BCUT2D eigenvalue weighted by Gasteiger charge is 2.15. The quantitative estimate of drug-likeness (QED) is 0.753. The van der Waals surface area contributed by atoms with Crippen LogP contribution in [0.15, 0.2) is 60.9 Å². The molecule has 0 radical (unpaired) electrons. The third-order valence-corrected chi connectivity index (χ3v) is 4.32. The van der Waals surface area contributed by atoms with Crippen molar-refractivity contribution in [2.45, 2.75) is 6.54 Å². The Balaban J connectivity index is 1.47. The molecule has 6 heteroatoms. The molecule has 1 N–H and O–H groups in total. The minimum absolute atomic E-state index is 0.180. The van der Waals surface area contributed by atoms with Crippen molar-refractivity contribution in [2.75, 3.05) is 13.9 Å². The lowest BCUT2D eigenvalue weighted by atomic mass is 10.1. The molecular formula is C21H18N2O4. The van der Waals surface area contributed by atoms with E-state index in [1.165, 1.54) is 0 Å². The van der Waals surface area contributed by atoms with E-state index in [4.69, 9.17) is 14.2 Å². The SMILES string of the molecule is COc1ccc(CNC(=O)c2cncc(-c3ccc4c(c3)OCO4)c2)cc1. The first-order chi connectivity index (χ1) is 13.2. The number of pyridine rings is 1. The summed E-state index contributed by atoms with van der Waals surface area (Å²) in [6.07, 6.45) is 3.28. The van der Waals surface area contributed by atoms with Crippen molar-refractivity contribution in [2.24, 2.45) is 0 Å². The van der Waals surface area contributed by atoms with Gasteiger partial charge in [0.05, 0.1) is 12.7 Å². The summed E-state index contributed by atoms with van der Waals surface area (Å²) in [7, 11) is 1.62. The minimum atomic E-state index is -0.180. The monoisotopic (exact) mass is 362 g/mol. The largest absolute Gasteiger partial charge is 0.497 e. The van der Waals surface area contributed by atoms with E-state index in [1.807, 2.05) is 48.5 Å². The molecule has 1 aliphatic heterocycles. The van der Waals surface area contributed by atoms with Crippen molar-refractivity contribution in [1.82, 2.24) is 10.3 Å². The van der Waals surface area contributed by atoms with E-state index < -0.39 is 0 Å². The first kappa shape index (κ1) is 16.9. The van der Waals surface area contributed by atoms with Crippen molar-refractivity contribution < 1.29 is 19.0 Å². The second-order valence-electron chi connectivity index (χ2n) is 6.06. The number of carbonyl (C=O) groups excluding carboxylic acids is 1. The molecule has 6 nitrogen and oxygen atoms in total. The Morgan fingerprint density at radius 3 is 2.67 bits per heavy atom. The molecule has 0 saturated heterocycles. The summed E-state index contributed by atoms with van der Waals surface area (Å²) >= 11 is 0. The lowest BCUT2D eigenvalue weighted by molar-refractivity contribution is 0.0950. The summed E-state index contributed by atoms with van der Waals surface area (Å²) in [5.41, 5.74) is 3.24. The van der Waals surface area contributed by atoms with E-state index in [9.17, 15) is 4.79 Å². The average molecular weight is 362 g/mol. The number of rotatable bonds is 5. The molecule has 27 heavy (non-hydrogen) atoms. The van der Waals surface area contributed by atoms with Gasteiger partial charge in [0.25, 0.3) is 5.91 Å². The van der Waals surface area contributed by atoms with Gasteiger partial charge in [-0.25, -0.2) is 0 Å². The maximum Gasteiger partial charge on any atom is 0.253 e. The molecule has 3 aromatic rings. The molecule has 1 aromatic heterocycles. The zero-order valence-electron chi connectivity index (χ0n) is 14.8.